The Morgan fingerprint density at radius 1 is 1.21 bits per heavy atom. The van der Waals surface area contributed by atoms with Crippen molar-refractivity contribution in [3.63, 3.8) is 0 Å². The van der Waals surface area contributed by atoms with Crippen molar-refractivity contribution >= 4 is 11.6 Å². The predicted molar refractivity (Wildman–Crippen MR) is 92.3 cm³/mol. The van der Waals surface area contributed by atoms with Crippen LogP contribution in [0.15, 0.2) is 11.6 Å². The lowest BCUT2D eigenvalue weighted by atomic mass is 9.46. The first-order valence-electron chi connectivity index (χ1n) is 9.70. The Kier molecular flexibility index (Phi) is 3.62. The van der Waals surface area contributed by atoms with E-state index in [0.717, 1.165) is 38.5 Å². The first kappa shape index (κ1) is 16.5. The standard InChI is InChI=1S/C21H30O3/c1-12(22)16-6-7-17-15-5-4-13-10-14(23)8-9-20(13,2)19(15)18(24)11-21(16,17)3/h10,15-19,24H,4-9,11H2,1-3H3/t15-,16+,17-,18+,19-,20-,21+/m0/s1. The zero-order chi connectivity index (χ0) is 17.3. The smallest absolute Gasteiger partial charge is 0.155 e. The summed E-state index contributed by atoms with van der Waals surface area (Å²) in [6.45, 7) is 6.27. The lowest BCUT2D eigenvalue weighted by Gasteiger charge is -2.59. The molecular weight excluding hydrogens is 300 g/mol. The Morgan fingerprint density at radius 3 is 2.67 bits per heavy atom. The van der Waals surface area contributed by atoms with E-state index in [0.29, 0.717) is 24.0 Å². The van der Waals surface area contributed by atoms with Gasteiger partial charge in [-0.15, -0.1) is 0 Å². The largest absolute Gasteiger partial charge is 0.393 e. The predicted octanol–water partition coefficient (Wildman–Crippen LogP) is 3.69. The summed E-state index contributed by atoms with van der Waals surface area (Å²) in [5.74, 6) is 1.99. The van der Waals surface area contributed by atoms with Crippen LogP contribution in [0.4, 0.5) is 0 Å². The molecule has 4 aliphatic carbocycles. The van der Waals surface area contributed by atoms with Gasteiger partial charge in [-0.2, -0.15) is 0 Å². The van der Waals surface area contributed by atoms with Gasteiger partial charge in [0.05, 0.1) is 6.10 Å². The van der Waals surface area contributed by atoms with E-state index >= 15 is 0 Å². The molecule has 0 bridgehead atoms. The van der Waals surface area contributed by atoms with E-state index in [1.54, 1.807) is 6.92 Å². The number of allylic oxidation sites excluding steroid dienone is 1. The van der Waals surface area contributed by atoms with Crippen molar-refractivity contribution in [3.05, 3.63) is 11.6 Å². The molecule has 3 saturated carbocycles. The van der Waals surface area contributed by atoms with Crippen molar-refractivity contribution in [1.82, 2.24) is 0 Å². The summed E-state index contributed by atoms with van der Waals surface area (Å²) in [7, 11) is 0. The second-order valence-electron chi connectivity index (χ2n) is 9.41. The van der Waals surface area contributed by atoms with Crippen LogP contribution in [0, 0.1) is 34.5 Å². The molecule has 0 aromatic carbocycles. The summed E-state index contributed by atoms with van der Waals surface area (Å²) in [6, 6.07) is 0. The topological polar surface area (TPSA) is 54.4 Å². The molecule has 3 heteroatoms. The highest BCUT2D eigenvalue weighted by Crippen LogP contribution is 2.66. The second-order valence-corrected chi connectivity index (χ2v) is 9.41. The fourth-order valence-electron chi connectivity index (χ4n) is 7.35. The van der Waals surface area contributed by atoms with Gasteiger partial charge >= 0.3 is 0 Å². The Morgan fingerprint density at radius 2 is 1.96 bits per heavy atom. The summed E-state index contributed by atoms with van der Waals surface area (Å²) in [5, 5.41) is 11.2. The molecule has 0 radical (unpaired) electrons. The molecule has 0 unspecified atom stereocenters. The van der Waals surface area contributed by atoms with Gasteiger partial charge in [0, 0.05) is 12.3 Å². The third-order valence-corrected chi connectivity index (χ3v) is 8.38. The van der Waals surface area contributed by atoms with Gasteiger partial charge in [0.15, 0.2) is 5.78 Å². The fourth-order valence-corrected chi connectivity index (χ4v) is 7.35. The quantitative estimate of drug-likeness (QED) is 0.797. The van der Waals surface area contributed by atoms with Crippen LogP contribution >= 0.6 is 0 Å². The number of aliphatic hydroxyl groups excluding tert-OH is 1. The third kappa shape index (κ3) is 2.06. The molecule has 1 N–H and O–H groups in total. The molecule has 132 valence electrons. The molecule has 0 aromatic heterocycles. The molecular formula is C21H30O3. The monoisotopic (exact) mass is 330 g/mol. The van der Waals surface area contributed by atoms with Crippen LogP contribution in [-0.2, 0) is 9.59 Å². The van der Waals surface area contributed by atoms with E-state index in [1.165, 1.54) is 5.57 Å². The van der Waals surface area contributed by atoms with Gasteiger partial charge in [0.1, 0.15) is 5.78 Å². The minimum Gasteiger partial charge on any atom is -0.393 e. The van der Waals surface area contributed by atoms with Crippen LogP contribution in [0.25, 0.3) is 0 Å². The minimum atomic E-state index is -0.349. The molecule has 24 heavy (non-hydrogen) atoms. The van der Waals surface area contributed by atoms with Crippen LogP contribution in [-0.4, -0.2) is 22.8 Å². The van der Waals surface area contributed by atoms with Crippen molar-refractivity contribution in [2.75, 3.05) is 0 Å². The number of rotatable bonds is 1. The third-order valence-electron chi connectivity index (χ3n) is 8.38. The Labute approximate surface area is 144 Å². The van der Waals surface area contributed by atoms with Gasteiger partial charge in [0.2, 0.25) is 0 Å². The van der Waals surface area contributed by atoms with Crippen molar-refractivity contribution < 1.29 is 14.7 Å². The highest BCUT2D eigenvalue weighted by Gasteiger charge is 2.62. The first-order chi connectivity index (χ1) is 11.3. The Hall–Kier alpha value is -0.960. The molecule has 0 amide bonds. The summed E-state index contributed by atoms with van der Waals surface area (Å²) < 4.78 is 0. The van der Waals surface area contributed by atoms with Gasteiger partial charge in [-0.05, 0) is 80.1 Å². The lowest BCUT2D eigenvalue weighted by Crippen LogP contribution is -2.56. The molecule has 0 spiro atoms. The van der Waals surface area contributed by atoms with Crippen LogP contribution in [0.3, 0.4) is 0 Å². The maximum atomic E-state index is 12.2. The zero-order valence-corrected chi connectivity index (χ0v) is 15.2. The summed E-state index contributed by atoms with van der Waals surface area (Å²) in [6.07, 6.45) is 7.97. The number of carbonyl (C=O) groups is 2. The van der Waals surface area contributed by atoms with Gasteiger partial charge < -0.3 is 5.11 Å². The van der Waals surface area contributed by atoms with Crippen LogP contribution in [0.1, 0.15) is 65.7 Å². The van der Waals surface area contributed by atoms with Crippen molar-refractivity contribution in [2.24, 2.45) is 34.5 Å². The maximum Gasteiger partial charge on any atom is 0.155 e. The molecule has 0 heterocycles. The molecule has 3 nitrogen and oxygen atoms in total. The first-order valence-corrected chi connectivity index (χ1v) is 9.70. The average Bonchev–Trinajstić information content (AvgIpc) is 2.84. The van der Waals surface area contributed by atoms with E-state index in [9.17, 15) is 14.7 Å². The second kappa shape index (κ2) is 5.27. The number of carbonyl (C=O) groups excluding carboxylic acids is 2. The molecule has 3 fully saturated rings. The highest BCUT2D eigenvalue weighted by atomic mass is 16.3. The minimum absolute atomic E-state index is 0.0219. The zero-order valence-electron chi connectivity index (χ0n) is 15.2. The van der Waals surface area contributed by atoms with Gasteiger partial charge in [-0.1, -0.05) is 19.4 Å². The summed E-state index contributed by atoms with van der Waals surface area (Å²) in [5.41, 5.74) is 1.23. The maximum absolute atomic E-state index is 12.2. The Bertz CT molecular complexity index is 621. The van der Waals surface area contributed by atoms with Crippen molar-refractivity contribution in [1.29, 1.82) is 0 Å². The number of aliphatic hydroxyl groups is 1. The summed E-state index contributed by atoms with van der Waals surface area (Å²) in [4.78, 5) is 24.0. The van der Waals surface area contributed by atoms with E-state index in [2.05, 4.69) is 13.8 Å². The SMILES string of the molecule is CC(=O)[C@H]1CC[C@H]2[C@@H]3CCC4=CC(=O)CC[C@]4(C)[C@@H]3[C@H](O)C[C@]12C. The van der Waals surface area contributed by atoms with E-state index in [1.807, 2.05) is 6.08 Å². The van der Waals surface area contributed by atoms with Crippen LogP contribution < -0.4 is 0 Å². The average molecular weight is 330 g/mol. The molecule has 4 aliphatic rings. The molecule has 0 saturated heterocycles. The van der Waals surface area contributed by atoms with Gasteiger partial charge in [0.25, 0.3) is 0 Å². The van der Waals surface area contributed by atoms with Crippen molar-refractivity contribution in [3.8, 4) is 0 Å². The fraction of sp³-hybridized carbons (Fsp3) is 0.810. The Balaban J connectivity index is 1.72. The molecule has 0 aromatic rings. The van der Waals surface area contributed by atoms with Gasteiger partial charge in [-0.25, -0.2) is 0 Å². The van der Waals surface area contributed by atoms with E-state index < -0.39 is 0 Å². The number of ketones is 2. The van der Waals surface area contributed by atoms with Crippen molar-refractivity contribution in [2.45, 2.75) is 71.8 Å². The van der Waals surface area contributed by atoms with E-state index in [-0.39, 0.29) is 34.6 Å². The normalized spacial score (nSPS) is 50.6. The van der Waals surface area contributed by atoms with Crippen LogP contribution in [0.2, 0.25) is 0 Å². The van der Waals surface area contributed by atoms with E-state index in [4.69, 9.17) is 0 Å². The highest BCUT2D eigenvalue weighted by molar-refractivity contribution is 5.91. The number of Topliss-reactive ketones (excluding diaryl/α,β-unsaturated/α-hetero) is 1. The van der Waals surface area contributed by atoms with Crippen LogP contribution in [0.5, 0.6) is 0 Å². The number of hydrogen-bond donors (Lipinski definition) is 1. The van der Waals surface area contributed by atoms with Gasteiger partial charge in [-0.3, -0.25) is 9.59 Å². The lowest BCUT2D eigenvalue weighted by molar-refractivity contribution is -0.143. The molecule has 4 rings (SSSR count). The molecule has 7 atom stereocenters. The number of fused-ring (bicyclic) bond motifs is 5. The molecule has 0 aliphatic heterocycles. The summed E-state index contributed by atoms with van der Waals surface area (Å²) >= 11 is 0. The number of hydrogen-bond acceptors (Lipinski definition) is 3.